The summed E-state index contributed by atoms with van der Waals surface area (Å²) in [6.07, 6.45) is 2.50. The largest absolute Gasteiger partial charge is 0.345 e. The fourth-order valence-electron chi connectivity index (χ4n) is 2.47. The van der Waals surface area contributed by atoms with Gasteiger partial charge in [0.05, 0.1) is 5.56 Å². The van der Waals surface area contributed by atoms with Crippen molar-refractivity contribution < 1.29 is 4.79 Å². The van der Waals surface area contributed by atoms with Crippen molar-refractivity contribution in [2.75, 3.05) is 27.2 Å². The van der Waals surface area contributed by atoms with E-state index in [1.54, 1.807) is 4.90 Å². The minimum Gasteiger partial charge on any atom is -0.345 e. The quantitative estimate of drug-likeness (QED) is 0.900. The van der Waals surface area contributed by atoms with Crippen LogP contribution in [0.25, 0.3) is 0 Å². The van der Waals surface area contributed by atoms with Crippen LogP contribution in [0.1, 0.15) is 40.6 Å². The number of amides is 1. The molecule has 0 radical (unpaired) electrons. The van der Waals surface area contributed by atoms with Crippen molar-refractivity contribution in [1.82, 2.24) is 14.8 Å². The third-order valence-electron chi connectivity index (χ3n) is 3.67. The molecule has 19 heavy (non-hydrogen) atoms. The van der Waals surface area contributed by atoms with E-state index in [2.05, 4.69) is 23.7 Å². The van der Waals surface area contributed by atoms with Gasteiger partial charge in [-0.3, -0.25) is 4.79 Å². The second kappa shape index (κ2) is 6.44. The van der Waals surface area contributed by atoms with Gasteiger partial charge in [-0.1, -0.05) is 0 Å². The summed E-state index contributed by atoms with van der Waals surface area (Å²) in [5.41, 5.74) is 3.19. The predicted octanol–water partition coefficient (Wildman–Crippen LogP) is 2.15. The van der Waals surface area contributed by atoms with Gasteiger partial charge in [0.15, 0.2) is 0 Å². The summed E-state index contributed by atoms with van der Waals surface area (Å²) in [7, 11) is 3.76. The number of rotatable bonds is 5. The molecule has 108 valence electrons. The topological polar surface area (TPSA) is 37.3 Å². The number of halogens is 1. The van der Waals surface area contributed by atoms with Gasteiger partial charge in [0.25, 0.3) is 5.91 Å². The Morgan fingerprint density at radius 3 is 2.63 bits per heavy atom. The van der Waals surface area contributed by atoms with Crippen LogP contribution in [0.4, 0.5) is 0 Å². The van der Waals surface area contributed by atoms with E-state index in [4.69, 9.17) is 0 Å². The number of aromatic nitrogens is 1. The minimum atomic E-state index is 0. The van der Waals surface area contributed by atoms with Gasteiger partial charge in [-0.15, -0.1) is 12.4 Å². The highest BCUT2D eigenvalue weighted by Gasteiger charge is 2.28. The molecule has 1 fully saturated rings. The average Bonchev–Trinajstić information content (AvgIpc) is 3.12. The highest BCUT2D eigenvalue weighted by Crippen LogP contribution is 2.38. The number of nitrogens with one attached hydrogen (secondary N) is 1. The second-order valence-electron chi connectivity index (χ2n) is 5.22. The highest BCUT2D eigenvalue weighted by molar-refractivity contribution is 5.95. The van der Waals surface area contributed by atoms with Crippen LogP contribution in [0.15, 0.2) is 6.07 Å². The first-order valence-electron chi connectivity index (χ1n) is 6.64. The van der Waals surface area contributed by atoms with Crippen LogP contribution < -0.4 is 5.32 Å². The summed E-state index contributed by atoms with van der Waals surface area (Å²) < 4.78 is 2.32. The van der Waals surface area contributed by atoms with Crippen molar-refractivity contribution in [2.45, 2.75) is 32.7 Å². The first kappa shape index (κ1) is 16.1. The summed E-state index contributed by atoms with van der Waals surface area (Å²) in [4.78, 5) is 14.2. The number of nitrogens with zero attached hydrogens (tertiary/aromatic N) is 2. The van der Waals surface area contributed by atoms with Crippen molar-refractivity contribution in [3.8, 4) is 0 Å². The summed E-state index contributed by atoms with van der Waals surface area (Å²) in [5.74, 6) is 0.130. The molecule has 1 N–H and O–H groups in total. The molecule has 0 aromatic carbocycles. The van der Waals surface area contributed by atoms with Crippen molar-refractivity contribution in [3.63, 3.8) is 0 Å². The molecule has 0 saturated heterocycles. The Morgan fingerprint density at radius 1 is 1.47 bits per heavy atom. The molecular weight excluding hydrogens is 262 g/mol. The summed E-state index contributed by atoms with van der Waals surface area (Å²) in [5, 5.41) is 3.07. The van der Waals surface area contributed by atoms with E-state index in [0.29, 0.717) is 6.04 Å². The number of aryl methyl sites for hydroxylation is 1. The molecule has 0 atom stereocenters. The Morgan fingerprint density at radius 2 is 2.11 bits per heavy atom. The van der Waals surface area contributed by atoms with E-state index < -0.39 is 0 Å². The van der Waals surface area contributed by atoms with E-state index in [1.165, 1.54) is 18.5 Å². The number of carbonyl (C=O) groups is 1. The fraction of sp³-hybridized carbons (Fsp3) is 0.643. The Balaban J connectivity index is 0.00000180. The monoisotopic (exact) mass is 285 g/mol. The van der Waals surface area contributed by atoms with Crippen LogP contribution in [-0.2, 0) is 0 Å². The molecule has 1 aromatic heterocycles. The normalized spacial score (nSPS) is 14.1. The predicted molar refractivity (Wildman–Crippen MR) is 80.3 cm³/mol. The Hall–Kier alpha value is -1.00. The fourth-order valence-corrected chi connectivity index (χ4v) is 2.47. The number of hydrogen-bond donors (Lipinski definition) is 1. The Bertz CT molecular complexity index is 452. The lowest BCUT2D eigenvalue weighted by Crippen LogP contribution is -2.33. The van der Waals surface area contributed by atoms with Gasteiger partial charge in [0.2, 0.25) is 0 Å². The maximum absolute atomic E-state index is 12.4. The van der Waals surface area contributed by atoms with E-state index in [1.807, 2.05) is 20.2 Å². The number of hydrogen-bond acceptors (Lipinski definition) is 2. The maximum Gasteiger partial charge on any atom is 0.255 e. The lowest BCUT2D eigenvalue weighted by Gasteiger charge is -2.17. The number of carbonyl (C=O) groups excluding carboxylic acids is 1. The molecule has 0 aliphatic heterocycles. The lowest BCUT2D eigenvalue weighted by molar-refractivity contribution is 0.0796. The maximum atomic E-state index is 12.4. The van der Waals surface area contributed by atoms with Gasteiger partial charge in [0, 0.05) is 37.6 Å². The van der Waals surface area contributed by atoms with E-state index in [0.717, 1.165) is 24.3 Å². The molecule has 5 heteroatoms. The summed E-state index contributed by atoms with van der Waals surface area (Å²) >= 11 is 0. The van der Waals surface area contributed by atoms with Gasteiger partial charge in [-0.05, 0) is 39.8 Å². The van der Waals surface area contributed by atoms with E-state index in [-0.39, 0.29) is 18.3 Å². The zero-order valence-electron chi connectivity index (χ0n) is 12.2. The molecule has 1 aliphatic rings. The Labute approximate surface area is 121 Å². The third-order valence-corrected chi connectivity index (χ3v) is 3.67. The molecule has 1 amide bonds. The van der Waals surface area contributed by atoms with Crippen LogP contribution in [-0.4, -0.2) is 42.6 Å². The van der Waals surface area contributed by atoms with Crippen molar-refractivity contribution in [2.24, 2.45) is 0 Å². The van der Waals surface area contributed by atoms with Gasteiger partial charge in [-0.25, -0.2) is 0 Å². The van der Waals surface area contributed by atoms with Crippen molar-refractivity contribution >= 4 is 18.3 Å². The molecule has 1 aromatic rings. The van der Waals surface area contributed by atoms with E-state index >= 15 is 0 Å². The SMILES string of the molecule is CNCCN(C)C(=O)c1cc(C)n(C2CC2)c1C.Cl. The van der Waals surface area contributed by atoms with E-state index in [9.17, 15) is 4.79 Å². The zero-order chi connectivity index (χ0) is 13.3. The van der Waals surface area contributed by atoms with Crippen LogP contribution in [0.2, 0.25) is 0 Å². The van der Waals surface area contributed by atoms with Crippen LogP contribution in [0.5, 0.6) is 0 Å². The highest BCUT2D eigenvalue weighted by atomic mass is 35.5. The lowest BCUT2D eigenvalue weighted by atomic mass is 10.2. The molecule has 2 rings (SSSR count). The molecule has 1 heterocycles. The minimum absolute atomic E-state index is 0. The van der Waals surface area contributed by atoms with Crippen LogP contribution in [0.3, 0.4) is 0 Å². The zero-order valence-corrected chi connectivity index (χ0v) is 13.0. The summed E-state index contributed by atoms with van der Waals surface area (Å²) in [6.45, 7) is 5.71. The summed E-state index contributed by atoms with van der Waals surface area (Å²) in [6, 6.07) is 2.67. The van der Waals surface area contributed by atoms with Crippen LogP contribution in [0, 0.1) is 13.8 Å². The average molecular weight is 286 g/mol. The van der Waals surface area contributed by atoms with Crippen molar-refractivity contribution in [1.29, 1.82) is 0 Å². The van der Waals surface area contributed by atoms with Gasteiger partial charge < -0.3 is 14.8 Å². The molecule has 0 spiro atoms. The van der Waals surface area contributed by atoms with Crippen molar-refractivity contribution in [3.05, 3.63) is 23.0 Å². The molecule has 1 saturated carbocycles. The molecule has 0 bridgehead atoms. The molecule has 4 nitrogen and oxygen atoms in total. The van der Waals surface area contributed by atoms with Crippen LogP contribution >= 0.6 is 12.4 Å². The molecular formula is C14H24ClN3O. The molecule has 0 unspecified atom stereocenters. The first-order chi connectivity index (χ1) is 8.56. The Kier molecular flexibility index (Phi) is 5.44. The van der Waals surface area contributed by atoms with Gasteiger partial charge >= 0.3 is 0 Å². The van der Waals surface area contributed by atoms with Gasteiger partial charge in [0.1, 0.15) is 0 Å². The number of likely N-dealkylation sites (N-methyl/N-ethyl adjacent to an activating group) is 2. The second-order valence-corrected chi connectivity index (χ2v) is 5.22. The van der Waals surface area contributed by atoms with Gasteiger partial charge in [-0.2, -0.15) is 0 Å². The third kappa shape index (κ3) is 3.31. The molecule has 1 aliphatic carbocycles. The standard InChI is InChI=1S/C14H23N3O.ClH/c1-10-9-13(11(2)17(10)12-5-6-12)14(18)16(4)8-7-15-3;/h9,12,15H,5-8H2,1-4H3;1H. The first-order valence-corrected chi connectivity index (χ1v) is 6.64. The smallest absolute Gasteiger partial charge is 0.255 e.